The highest BCUT2D eigenvalue weighted by Crippen LogP contribution is 2.29. The lowest BCUT2D eigenvalue weighted by Crippen LogP contribution is -2.05. The van der Waals surface area contributed by atoms with Gasteiger partial charge >= 0.3 is 0 Å². The monoisotopic (exact) mass is 357 g/mol. The van der Waals surface area contributed by atoms with E-state index in [0.29, 0.717) is 22.5 Å². The fourth-order valence-electron chi connectivity index (χ4n) is 1.61. The fourth-order valence-corrected chi connectivity index (χ4v) is 2.13. The summed E-state index contributed by atoms with van der Waals surface area (Å²) in [6, 6.07) is 4.42. The molecule has 0 saturated carbocycles. The highest BCUT2D eigenvalue weighted by Gasteiger charge is 2.13. The standard InChI is InChI=1S/C14H14BrClFN3/c1-7(2)13-19-12(16)8(3)14(20-13)18-11-6-9(17)4-5-10(11)15/h4-7H,1-3H3,(H,18,19,20). The molecule has 0 aliphatic rings. The van der Waals surface area contributed by atoms with E-state index in [1.54, 1.807) is 6.07 Å². The van der Waals surface area contributed by atoms with Gasteiger partial charge in [0.15, 0.2) is 0 Å². The van der Waals surface area contributed by atoms with Crippen LogP contribution in [0.3, 0.4) is 0 Å². The Morgan fingerprint density at radius 1 is 1.30 bits per heavy atom. The molecular weight excluding hydrogens is 345 g/mol. The van der Waals surface area contributed by atoms with E-state index in [-0.39, 0.29) is 11.7 Å². The van der Waals surface area contributed by atoms with Crippen molar-refractivity contribution in [2.24, 2.45) is 0 Å². The van der Waals surface area contributed by atoms with Gasteiger partial charge in [0.1, 0.15) is 22.6 Å². The summed E-state index contributed by atoms with van der Waals surface area (Å²) in [5.41, 5.74) is 1.32. The van der Waals surface area contributed by atoms with Crippen LogP contribution >= 0.6 is 27.5 Å². The van der Waals surface area contributed by atoms with Gasteiger partial charge in [0.2, 0.25) is 0 Å². The van der Waals surface area contributed by atoms with Crippen molar-refractivity contribution in [3.63, 3.8) is 0 Å². The summed E-state index contributed by atoms with van der Waals surface area (Å²) in [4.78, 5) is 8.69. The second-order valence-electron chi connectivity index (χ2n) is 4.75. The van der Waals surface area contributed by atoms with Crippen molar-refractivity contribution in [1.82, 2.24) is 9.97 Å². The number of rotatable bonds is 3. The number of hydrogen-bond donors (Lipinski definition) is 1. The van der Waals surface area contributed by atoms with Crippen LogP contribution in [0.15, 0.2) is 22.7 Å². The van der Waals surface area contributed by atoms with Crippen LogP contribution < -0.4 is 5.32 Å². The Hall–Kier alpha value is -1.20. The lowest BCUT2D eigenvalue weighted by atomic mass is 10.2. The molecule has 0 bridgehead atoms. The summed E-state index contributed by atoms with van der Waals surface area (Å²) in [7, 11) is 0. The Morgan fingerprint density at radius 2 is 2.00 bits per heavy atom. The molecule has 0 saturated heterocycles. The Labute approximate surface area is 130 Å². The fraction of sp³-hybridized carbons (Fsp3) is 0.286. The average molecular weight is 359 g/mol. The van der Waals surface area contributed by atoms with Crippen molar-refractivity contribution in [2.45, 2.75) is 26.7 Å². The van der Waals surface area contributed by atoms with Crippen LogP contribution in [0.4, 0.5) is 15.9 Å². The van der Waals surface area contributed by atoms with Gasteiger partial charge in [0, 0.05) is 16.0 Å². The zero-order valence-corrected chi connectivity index (χ0v) is 13.7. The molecule has 2 aromatic rings. The molecule has 2 rings (SSSR count). The first-order valence-electron chi connectivity index (χ1n) is 6.14. The van der Waals surface area contributed by atoms with Gasteiger partial charge in [0.25, 0.3) is 0 Å². The molecule has 0 aliphatic carbocycles. The molecular formula is C14H14BrClFN3. The molecule has 6 heteroatoms. The van der Waals surface area contributed by atoms with Crippen LogP contribution in [0.1, 0.15) is 31.2 Å². The first-order chi connectivity index (χ1) is 9.38. The van der Waals surface area contributed by atoms with E-state index < -0.39 is 0 Å². The quantitative estimate of drug-likeness (QED) is 0.766. The maximum absolute atomic E-state index is 13.3. The van der Waals surface area contributed by atoms with Gasteiger partial charge in [0.05, 0.1) is 5.69 Å². The molecule has 1 heterocycles. The molecule has 0 atom stereocenters. The largest absolute Gasteiger partial charge is 0.339 e. The molecule has 0 aliphatic heterocycles. The lowest BCUT2D eigenvalue weighted by molar-refractivity contribution is 0.628. The minimum atomic E-state index is -0.322. The van der Waals surface area contributed by atoms with Gasteiger partial charge in [-0.25, -0.2) is 14.4 Å². The minimum Gasteiger partial charge on any atom is -0.339 e. The van der Waals surface area contributed by atoms with Gasteiger partial charge in [-0.05, 0) is 41.1 Å². The van der Waals surface area contributed by atoms with Crippen LogP contribution in [0.2, 0.25) is 5.15 Å². The summed E-state index contributed by atoms with van der Waals surface area (Å²) in [6.45, 7) is 5.80. The maximum Gasteiger partial charge on any atom is 0.138 e. The molecule has 0 spiro atoms. The van der Waals surface area contributed by atoms with Crippen molar-refractivity contribution >= 4 is 39.0 Å². The molecule has 0 amide bonds. The highest BCUT2D eigenvalue weighted by atomic mass is 79.9. The Balaban J connectivity index is 2.45. The van der Waals surface area contributed by atoms with Crippen molar-refractivity contribution in [3.8, 4) is 0 Å². The predicted molar refractivity (Wildman–Crippen MR) is 83.3 cm³/mol. The lowest BCUT2D eigenvalue weighted by Gasteiger charge is -2.14. The molecule has 106 valence electrons. The van der Waals surface area contributed by atoms with E-state index >= 15 is 0 Å². The molecule has 1 aromatic heterocycles. The maximum atomic E-state index is 13.3. The summed E-state index contributed by atoms with van der Waals surface area (Å²) < 4.78 is 14.1. The number of nitrogens with zero attached hydrogens (tertiary/aromatic N) is 2. The zero-order valence-electron chi connectivity index (χ0n) is 11.3. The zero-order chi connectivity index (χ0) is 14.9. The Bertz CT molecular complexity index is 647. The number of anilines is 2. The molecule has 0 radical (unpaired) electrons. The van der Waals surface area contributed by atoms with E-state index in [0.717, 1.165) is 10.0 Å². The van der Waals surface area contributed by atoms with Gasteiger partial charge < -0.3 is 5.32 Å². The molecule has 1 aromatic carbocycles. The van der Waals surface area contributed by atoms with Gasteiger partial charge in [-0.3, -0.25) is 0 Å². The van der Waals surface area contributed by atoms with Crippen LogP contribution in [0.25, 0.3) is 0 Å². The van der Waals surface area contributed by atoms with Gasteiger partial charge in [-0.1, -0.05) is 25.4 Å². The molecule has 0 fully saturated rings. The first kappa shape index (κ1) is 15.2. The average Bonchev–Trinajstić information content (AvgIpc) is 2.38. The van der Waals surface area contributed by atoms with Gasteiger partial charge in [-0.2, -0.15) is 0 Å². The highest BCUT2D eigenvalue weighted by molar-refractivity contribution is 9.10. The van der Waals surface area contributed by atoms with Crippen molar-refractivity contribution < 1.29 is 4.39 Å². The van der Waals surface area contributed by atoms with Crippen LogP contribution in [-0.2, 0) is 0 Å². The van der Waals surface area contributed by atoms with Crippen LogP contribution in [0, 0.1) is 12.7 Å². The summed E-state index contributed by atoms with van der Waals surface area (Å²) in [6.07, 6.45) is 0. The van der Waals surface area contributed by atoms with Crippen molar-refractivity contribution in [1.29, 1.82) is 0 Å². The third-order valence-corrected chi connectivity index (χ3v) is 3.86. The van der Waals surface area contributed by atoms with E-state index in [2.05, 4.69) is 31.2 Å². The summed E-state index contributed by atoms with van der Waals surface area (Å²) in [5, 5.41) is 3.50. The number of halogens is 3. The molecule has 3 nitrogen and oxygen atoms in total. The normalized spacial score (nSPS) is 10.9. The molecule has 0 unspecified atom stereocenters. The van der Waals surface area contributed by atoms with E-state index in [1.807, 2.05) is 20.8 Å². The number of hydrogen-bond acceptors (Lipinski definition) is 3. The third-order valence-electron chi connectivity index (χ3n) is 2.80. The van der Waals surface area contributed by atoms with Crippen LogP contribution in [-0.4, -0.2) is 9.97 Å². The number of nitrogens with one attached hydrogen (secondary N) is 1. The van der Waals surface area contributed by atoms with Gasteiger partial charge in [-0.15, -0.1) is 0 Å². The second kappa shape index (κ2) is 6.06. The predicted octanol–water partition coefficient (Wildman–Crippen LogP) is 5.21. The molecule has 20 heavy (non-hydrogen) atoms. The van der Waals surface area contributed by atoms with E-state index in [1.165, 1.54) is 12.1 Å². The first-order valence-corrected chi connectivity index (χ1v) is 7.31. The summed E-state index contributed by atoms with van der Waals surface area (Å²) in [5.74, 6) is 1.07. The Kier molecular flexibility index (Phi) is 4.60. The van der Waals surface area contributed by atoms with Crippen molar-refractivity contribution in [3.05, 3.63) is 45.0 Å². The van der Waals surface area contributed by atoms with E-state index in [4.69, 9.17) is 11.6 Å². The smallest absolute Gasteiger partial charge is 0.138 e. The molecule has 1 N–H and O–H groups in total. The second-order valence-corrected chi connectivity index (χ2v) is 5.96. The third kappa shape index (κ3) is 3.27. The SMILES string of the molecule is Cc1c(Cl)nc(C(C)C)nc1Nc1cc(F)ccc1Br. The van der Waals surface area contributed by atoms with Crippen molar-refractivity contribution in [2.75, 3.05) is 5.32 Å². The van der Waals surface area contributed by atoms with Crippen LogP contribution in [0.5, 0.6) is 0 Å². The minimum absolute atomic E-state index is 0.157. The number of aromatic nitrogens is 2. The number of benzene rings is 1. The summed E-state index contributed by atoms with van der Waals surface area (Å²) >= 11 is 9.50. The van der Waals surface area contributed by atoms with E-state index in [9.17, 15) is 4.39 Å². The Morgan fingerprint density at radius 3 is 2.65 bits per heavy atom. The topological polar surface area (TPSA) is 37.8 Å².